The lowest BCUT2D eigenvalue weighted by atomic mass is 9.95. The molecule has 0 saturated carbocycles. The first-order chi connectivity index (χ1) is 17.0. The molecule has 0 radical (unpaired) electrons. The number of esters is 1. The lowest BCUT2D eigenvalue weighted by molar-refractivity contribution is -0.148. The third kappa shape index (κ3) is 7.71. The molecule has 0 bridgehead atoms. The molecule has 0 fully saturated rings. The van der Waals surface area contributed by atoms with E-state index in [4.69, 9.17) is 9.47 Å². The highest BCUT2D eigenvalue weighted by molar-refractivity contribution is 5.97. The van der Waals surface area contributed by atoms with Gasteiger partial charge in [-0.25, -0.2) is 0 Å². The van der Waals surface area contributed by atoms with Crippen molar-refractivity contribution in [3.8, 4) is 5.75 Å². The maximum Gasteiger partial charge on any atom is 0.309 e. The number of amides is 1. The van der Waals surface area contributed by atoms with Crippen molar-refractivity contribution < 1.29 is 19.1 Å². The third-order valence-corrected chi connectivity index (χ3v) is 6.12. The summed E-state index contributed by atoms with van der Waals surface area (Å²) in [6.07, 6.45) is 3.17. The van der Waals surface area contributed by atoms with Gasteiger partial charge in [0.05, 0.1) is 25.2 Å². The summed E-state index contributed by atoms with van der Waals surface area (Å²) in [6.45, 7) is 4.55. The molecule has 0 saturated heterocycles. The Morgan fingerprint density at radius 1 is 0.829 bits per heavy atom. The van der Waals surface area contributed by atoms with E-state index in [0.717, 1.165) is 24.0 Å². The minimum atomic E-state index is -0.236. The molecule has 1 atom stereocenters. The second-order valence-corrected chi connectivity index (χ2v) is 8.58. The van der Waals surface area contributed by atoms with Crippen molar-refractivity contribution in [3.63, 3.8) is 0 Å². The van der Waals surface area contributed by atoms with Crippen LogP contribution in [-0.4, -0.2) is 25.6 Å². The number of nitrogens with one attached hydrogen (secondary N) is 1. The van der Waals surface area contributed by atoms with Crippen molar-refractivity contribution in [2.24, 2.45) is 5.92 Å². The molecule has 184 valence electrons. The van der Waals surface area contributed by atoms with E-state index in [9.17, 15) is 9.59 Å². The van der Waals surface area contributed by atoms with Crippen molar-refractivity contribution in [3.05, 3.63) is 101 Å². The zero-order valence-corrected chi connectivity index (χ0v) is 20.9. The minimum absolute atomic E-state index is 0.205. The van der Waals surface area contributed by atoms with Crippen molar-refractivity contribution in [2.45, 2.75) is 46.1 Å². The van der Waals surface area contributed by atoms with Gasteiger partial charge < -0.3 is 14.8 Å². The monoisotopic (exact) mass is 473 g/mol. The second kappa shape index (κ2) is 13.3. The SMILES string of the molecule is CCOC(=O)C(CC)Cc1ccc(OC)c(C(=O)NCc2ccc(CCc3ccccc3)cc2)c1. The van der Waals surface area contributed by atoms with Crippen LogP contribution in [0.15, 0.2) is 72.8 Å². The number of carbonyl (C=O) groups excluding carboxylic acids is 2. The molecule has 0 aliphatic rings. The zero-order chi connectivity index (χ0) is 25.0. The van der Waals surface area contributed by atoms with Gasteiger partial charge in [0.25, 0.3) is 5.91 Å². The number of benzene rings is 3. The summed E-state index contributed by atoms with van der Waals surface area (Å²) in [6, 6.07) is 24.3. The molecule has 3 rings (SSSR count). The zero-order valence-electron chi connectivity index (χ0n) is 20.9. The summed E-state index contributed by atoms with van der Waals surface area (Å²) in [5, 5.41) is 2.99. The van der Waals surface area contributed by atoms with Crippen LogP contribution in [0.25, 0.3) is 0 Å². The number of hydrogen-bond donors (Lipinski definition) is 1. The first-order valence-electron chi connectivity index (χ1n) is 12.3. The van der Waals surface area contributed by atoms with Crippen molar-refractivity contribution in [1.82, 2.24) is 5.32 Å². The Kier molecular flexibility index (Phi) is 9.91. The van der Waals surface area contributed by atoms with Gasteiger partial charge in [-0.05, 0) is 67.0 Å². The number of aryl methyl sites for hydroxylation is 2. The van der Waals surface area contributed by atoms with E-state index >= 15 is 0 Å². The molecule has 1 amide bonds. The molecule has 5 heteroatoms. The number of hydrogen-bond acceptors (Lipinski definition) is 4. The average molecular weight is 474 g/mol. The molecule has 35 heavy (non-hydrogen) atoms. The Labute approximate surface area is 208 Å². The van der Waals surface area contributed by atoms with Gasteiger partial charge in [-0.15, -0.1) is 0 Å². The summed E-state index contributed by atoms with van der Waals surface area (Å²) in [5.74, 6) is -0.142. The Hall–Kier alpha value is -3.60. The predicted molar refractivity (Wildman–Crippen MR) is 139 cm³/mol. The Morgan fingerprint density at radius 2 is 1.46 bits per heavy atom. The van der Waals surface area contributed by atoms with E-state index in [0.29, 0.717) is 37.3 Å². The maximum atomic E-state index is 13.0. The molecular weight excluding hydrogens is 438 g/mol. The Bertz CT molecular complexity index is 1090. The molecule has 1 unspecified atom stereocenters. The number of carbonyl (C=O) groups is 2. The van der Waals surface area contributed by atoms with E-state index in [1.807, 2.05) is 25.1 Å². The molecular formula is C30H35NO4. The van der Waals surface area contributed by atoms with Crippen LogP contribution in [0.5, 0.6) is 5.75 Å². The summed E-state index contributed by atoms with van der Waals surface area (Å²) >= 11 is 0. The van der Waals surface area contributed by atoms with Crippen LogP contribution < -0.4 is 10.1 Å². The smallest absolute Gasteiger partial charge is 0.309 e. The summed E-state index contributed by atoms with van der Waals surface area (Å²) in [7, 11) is 1.55. The van der Waals surface area contributed by atoms with Crippen LogP contribution in [0.3, 0.4) is 0 Å². The number of methoxy groups -OCH3 is 1. The normalized spacial score (nSPS) is 11.5. The largest absolute Gasteiger partial charge is 0.496 e. The van der Waals surface area contributed by atoms with Crippen LogP contribution >= 0.6 is 0 Å². The van der Waals surface area contributed by atoms with Crippen LogP contribution in [0, 0.1) is 5.92 Å². The van der Waals surface area contributed by atoms with Gasteiger partial charge in [-0.3, -0.25) is 9.59 Å². The molecule has 3 aromatic rings. The molecule has 0 aliphatic heterocycles. The summed E-state index contributed by atoms with van der Waals surface area (Å²) in [4.78, 5) is 25.2. The van der Waals surface area contributed by atoms with Crippen LogP contribution in [0.1, 0.15) is 52.9 Å². The Morgan fingerprint density at radius 3 is 2.09 bits per heavy atom. The van der Waals surface area contributed by atoms with E-state index in [-0.39, 0.29) is 17.8 Å². The lowest BCUT2D eigenvalue weighted by Crippen LogP contribution is -2.24. The molecule has 5 nitrogen and oxygen atoms in total. The maximum absolute atomic E-state index is 13.0. The van der Waals surface area contributed by atoms with Crippen LogP contribution in [0.4, 0.5) is 0 Å². The highest BCUT2D eigenvalue weighted by Gasteiger charge is 2.20. The fraction of sp³-hybridized carbons (Fsp3) is 0.333. The third-order valence-electron chi connectivity index (χ3n) is 6.12. The standard InChI is InChI=1S/C30H35NO4/c1-4-26(30(33)35-5-2)19-25-17-18-28(34-3)27(20-25)29(32)31-21-24-15-13-23(14-16-24)12-11-22-9-7-6-8-10-22/h6-10,13-18,20,26H,4-5,11-12,19,21H2,1-3H3,(H,31,32). The van der Waals surface area contributed by atoms with E-state index in [1.54, 1.807) is 20.1 Å². The number of rotatable bonds is 12. The van der Waals surface area contributed by atoms with Crippen LogP contribution in [-0.2, 0) is 35.3 Å². The van der Waals surface area contributed by atoms with Gasteiger partial charge in [0.2, 0.25) is 0 Å². The van der Waals surface area contributed by atoms with Gasteiger partial charge in [-0.1, -0.05) is 67.6 Å². The van der Waals surface area contributed by atoms with Crippen molar-refractivity contribution >= 4 is 11.9 Å². The van der Waals surface area contributed by atoms with Gasteiger partial charge >= 0.3 is 5.97 Å². The quantitative estimate of drug-likeness (QED) is 0.351. The molecule has 0 aromatic heterocycles. The minimum Gasteiger partial charge on any atom is -0.496 e. The number of ether oxygens (including phenoxy) is 2. The van der Waals surface area contributed by atoms with E-state index in [1.165, 1.54) is 11.1 Å². The summed E-state index contributed by atoms with van der Waals surface area (Å²) < 4.78 is 10.6. The molecule has 1 N–H and O–H groups in total. The first kappa shape index (κ1) is 26.0. The first-order valence-corrected chi connectivity index (χ1v) is 12.3. The van der Waals surface area contributed by atoms with Crippen LogP contribution in [0.2, 0.25) is 0 Å². The highest BCUT2D eigenvalue weighted by atomic mass is 16.5. The van der Waals surface area contributed by atoms with E-state index in [2.05, 4.69) is 53.8 Å². The van der Waals surface area contributed by atoms with Crippen molar-refractivity contribution in [2.75, 3.05) is 13.7 Å². The fourth-order valence-electron chi connectivity index (χ4n) is 4.03. The highest BCUT2D eigenvalue weighted by Crippen LogP contribution is 2.23. The van der Waals surface area contributed by atoms with Gasteiger partial charge in [-0.2, -0.15) is 0 Å². The molecule has 3 aromatic carbocycles. The topological polar surface area (TPSA) is 64.6 Å². The average Bonchev–Trinajstić information content (AvgIpc) is 2.90. The second-order valence-electron chi connectivity index (χ2n) is 8.58. The van der Waals surface area contributed by atoms with Crippen molar-refractivity contribution in [1.29, 1.82) is 0 Å². The Balaban J connectivity index is 1.60. The molecule has 0 aliphatic carbocycles. The summed E-state index contributed by atoms with van der Waals surface area (Å²) in [5.41, 5.74) is 4.99. The molecule has 0 spiro atoms. The fourth-order valence-corrected chi connectivity index (χ4v) is 4.03. The predicted octanol–water partition coefficient (Wildman–Crippen LogP) is 5.54. The van der Waals surface area contributed by atoms with Gasteiger partial charge in [0.15, 0.2) is 0 Å². The lowest BCUT2D eigenvalue weighted by Gasteiger charge is -2.15. The van der Waals surface area contributed by atoms with Gasteiger partial charge in [0, 0.05) is 6.54 Å². The van der Waals surface area contributed by atoms with E-state index < -0.39 is 0 Å². The molecule has 0 heterocycles. The van der Waals surface area contributed by atoms with Gasteiger partial charge in [0.1, 0.15) is 5.75 Å².